The summed E-state index contributed by atoms with van der Waals surface area (Å²) in [6, 6.07) is 5.67. The topological polar surface area (TPSA) is 41.6 Å². The third-order valence-corrected chi connectivity index (χ3v) is 3.14. The van der Waals surface area contributed by atoms with Crippen molar-refractivity contribution >= 4 is 18.3 Å². The first kappa shape index (κ1) is 15.8. The lowest BCUT2D eigenvalue weighted by atomic mass is 10.1. The molecule has 1 aromatic rings. The van der Waals surface area contributed by atoms with Crippen molar-refractivity contribution in [3.8, 4) is 5.75 Å². The number of nitrogens with one attached hydrogen (secondary N) is 1. The maximum atomic E-state index is 12.3. The molecule has 0 spiro atoms. The molecule has 1 aliphatic rings. The van der Waals surface area contributed by atoms with Crippen LogP contribution in [0, 0.1) is 6.92 Å². The molecular weight excluding hydrogens is 264 g/mol. The minimum absolute atomic E-state index is 0. The number of carbonyl (C=O) groups is 1. The average Bonchev–Trinajstić information content (AvgIpc) is 2.42. The quantitative estimate of drug-likeness (QED) is 0.921. The van der Waals surface area contributed by atoms with Gasteiger partial charge in [-0.15, -0.1) is 12.4 Å². The number of amides is 1. The second-order valence-corrected chi connectivity index (χ2v) is 4.46. The lowest BCUT2D eigenvalue weighted by molar-refractivity contribution is 0.0735. The minimum Gasteiger partial charge on any atom is -0.494 e. The van der Waals surface area contributed by atoms with Gasteiger partial charge in [0.2, 0.25) is 0 Å². The highest BCUT2D eigenvalue weighted by Crippen LogP contribution is 2.20. The zero-order chi connectivity index (χ0) is 13.0. The van der Waals surface area contributed by atoms with Gasteiger partial charge in [0.05, 0.1) is 6.61 Å². The Balaban J connectivity index is 0.00000180. The van der Waals surface area contributed by atoms with E-state index in [0.29, 0.717) is 12.2 Å². The Morgan fingerprint density at radius 1 is 1.37 bits per heavy atom. The maximum Gasteiger partial charge on any atom is 0.254 e. The fraction of sp³-hybridized carbons (Fsp3) is 0.500. The van der Waals surface area contributed by atoms with Crippen molar-refractivity contribution in [3.63, 3.8) is 0 Å². The Morgan fingerprint density at radius 2 is 2.05 bits per heavy atom. The molecule has 4 nitrogen and oxygen atoms in total. The Kier molecular flexibility index (Phi) is 6.12. The van der Waals surface area contributed by atoms with Crippen LogP contribution in [0.4, 0.5) is 0 Å². The Bertz CT molecular complexity index is 431. The SMILES string of the molecule is CCOc1cc(C(=O)N2CCNCC2)ccc1C.Cl. The molecule has 1 saturated heterocycles. The standard InChI is InChI=1S/C14H20N2O2.ClH/c1-3-18-13-10-12(5-4-11(13)2)14(17)16-8-6-15-7-9-16;/h4-5,10,15H,3,6-9H2,1-2H3;1H. The molecule has 1 N–H and O–H groups in total. The third kappa shape index (κ3) is 3.85. The van der Waals surface area contributed by atoms with E-state index in [2.05, 4.69) is 5.32 Å². The lowest BCUT2D eigenvalue weighted by Crippen LogP contribution is -2.46. The van der Waals surface area contributed by atoms with Crippen molar-refractivity contribution in [2.45, 2.75) is 13.8 Å². The van der Waals surface area contributed by atoms with E-state index < -0.39 is 0 Å². The molecule has 0 bridgehead atoms. The molecule has 0 radical (unpaired) electrons. The van der Waals surface area contributed by atoms with Gasteiger partial charge >= 0.3 is 0 Å². The largest absolute Gasteiger partial charge is 0.494 e. The first-order valence-electron chi connectivity index (χ1n) is 6.46. The molecule has 1 fully saturated rings. The fourth-order valence-corrected chi connectivity index (χ4v) is 2.09. The summed E-state index contributed by atoms with van der Waals surface area (Å²) >= 11 is 0. The lowest BCUT2D eigenvalue weighted by Gasteiger charge is -2.27. The monoisotopic (exact) mass is 284 g/mol. The number of halogens is 1. The predicted octanol–water partition coefficient (Wildman–Crippen LogP) is 1.86. The molecule has 0 atom stereocenters. The van der Waals surface area contributed by atoms with Gasteiger partial charge in [-0.05, 0) is 31.5 Å². The molecule has 5 heteroatoms. The van der Waals surface area contributed by atoms with E-state index in [4.69, 9.17) is 4.74 Å². The van der Waals surface area contributed by atoms with Crippen LogP contribution in [-0.4, -0.2) is 43.6 Å². The average molecular weight is 285 g/mol. The summed E-state index contributed by atoms with van der Waals surface area (Å²) in [7, 11) is 0. The molecule has 0 aromatic heterocycles. The predicted molar refractivity (Wildman–Crippen MR) is 78.4 cm³/mol. The Morgan fingerprint density at radius 3 is 2.68 bits per heavy atom. The molecule has 2 rings (SSSR count). The highest BCUT2D eigenvalue weighted by Gasteiger charge is 2.18. The van der Waals surface area contributed by atoms with Crippen LogP contribution in [0.3, 0.4) is 0 Å². The molecule has 0 saturated carbocycles. The maximum absolute atomic E-state index is 12.3. The van der Waals surface area contributed by atoms with Gasteiger partial charge in [0, 0.05) is 31.7 Å². The number of benzene rings is 1. The highest BCUT2D eigenvalue weighted by molar-refractivity contribution is 5.94. The summed E-state index contributed by atoms with van der Waals surface area (Å²) in [5, 5.41) is 3.24. The van der Waals surface area contributed by atoms with Gasteiger partial charge in [-0.25, -0.2) is 0 Å². The Labute approximate surface area is 120 Å². The highest BCUT2D eigenvalue weighted by atomic mass is 35.5. The van der Waals surface area contributed by atoms with E-state index in [1.54, 1.807) is 0 Å². The van der Waals surface area contributed by atoms with Gasteiger partial charge in [-0.3, -0.25) is 4.79 Å². The second kappa shape index (κ2) is 7.36. The zero-order valence-electron chi connectivity index (χ0n) is 11.4. The molecule has 106 valence electrons. The van der Waals surface area contributed by atoms with Gasteiger partial charge in [0.25, 0.3) is 5.91 Å². The van der Waals surface area contributed by atoms with Gasteiger partial charge in [-0.2, -0.15) is 0 Å². The first-order valence-corrected chi connectivity index (χ1v) is 6.46. The molecular formula is C14H21ClN2O2. The van der Waals surface area contributed by atoms with Crippen molar-refractivity contribution in [3.05, 3.63) is 29.3 Å². The van der Waals surface area contributed by atoms with E-state index in [0.717, 1.165) is 37.5 Å². The molecule has 0 aliphatic carbocycles. The van der Waals surface area contributed by atoms with Crippen molar-refractivity contribution in [1.82, 2.24) is 10.2 Å². The van der Waals surface area contributed by atoms with Crippen LogP contribution < -0.4 is 10.1 Å². The van der Waals surface area contributed by atoms with Crippen molar-refractivity contribution in [2.24, 2.45) is 0 Å². The minimum atomic E-state index is 0. The van der Waals surface area contributed by atoms with Gasteiger partial charge in [0.15, 0.2) is 0 Å². The summed E-state index contributed by atoms with van der Waals surface area (Å²) in [6.45, 7) is 7.85. The van der Waals surface area contributed by atoms with Crippen molar-refractivity contribution < 1.29 is 9.53 Å². The van der Waals surface area contributed by atoms with Crippen molar-refractivity contribution in [2.75, 3.05) is 32.8 Å². The summed E-state index contributed by atoms with van der Waals surface area (Å²) in [6.07, 6.45) is 0. The number of carbonyl (C=O) groups excluding carboxylic acids is 1. The smallest absolute Gasteiger partial charge is 0.254 e. The van der Waals surface area contributed by atoms with E-state index in [9.17, 15) is 4.79 Å². The van der Waals surface area contributed by atoms with E-state index in [1.807, 2.05) is 36.9 Å². The van der Waals surface area contributed by atoms with Gasteiger partial charge in [0.1, 0.15) is 5.75 Å². The number of nitrogens with zero attached hydrogens (tertiary/aromatic N) is 1. The van der Waals surface area contributed by atoms with E-state index in [1.165, 1.54) is 0 Å². The molecule has 0 unspecified atom stereocenters. The fourth-order valence-electron chi connectivity index (χ4n) is 2.09. The molecule has 1 aliphatic heterocycles. The van der Waals surface area contributed by atoms with Crippen LogP contribution in [0.25, 0.3) is 0 Å². The summed E-state index contributed by atoms with van der Waals surface area (Å²) in [4.78, 5) is 14.2. The number of ether oxygens (including phenoxy) is 1. The number of rotatable bonds is 3. The van der Waals surface area contributed by atoms with Crippen LogP contribution in [-0.2, 0) is 0 Å². The van der Waals surface area contributed by atoms with Gasteiger partial charge in [-0.1, -0.05) is 6.07 Å². The van der Waals surface area contributed by atoms with E-state index in [-0.39, 0.29) is 18.3 Å². The molecule has 19 heavy (non-hydrogen) atoms. The summed E-state index contributed by atoms with van der Waals surface area (Å²) < 4.78 is 5.53. The summed E-state index contributed by atoms with van der Waals surface area (Å²) in [5.41, 5.74) is 1.78. The number of hydrogen-bond acceptors (Lipinski definition) is 3. The van der Waals surface area contributed by atoms with Crippen LogP contribution in [0.5, 0.6) is 5.75 Å². The van der Waals surface area contributed by atoms with Crippen LogP contribution in [0.2, 0.25) is 0 Å². The first-order chi connectivity index (χ1) is 8.72. The zero-order valence-corrected chi connectivity index (χ0v) is 12.3. The molecule has 1 aromatic carbocycles. The second-order valence-electron chi connectivity index (χ2n) is 4.46. The van der Waals surface area contributed by atoms with Crippen LogP contribution in [0.15, 0.2) is 18.2 Å². The van der Waals surface area contributed by atoms with Crippen LogP contribution >= 0.6 is 12.4 Å². The van der Waals surface area contributed by atoms with Gasteiger partial charge < -0.3 is 15.0 Å². The summed E-state index contributed by atoms with van der Waals surface area (Å²) in [5.74, 6) is 0.899. The normalized spacial score (nSPS) is 14.7. The number of aryl methyl sites for hydroxylation is 1. The molecule has 1 heterocycles. The molecule has 1 amide bonds. The number of hydrogen-bond donors (Lipinski definition) is 1. The van der Waals surface area contributed by atoms with Crippen LogP contribution in [0.1, 0.15) is 22.8 Å². The van der Waals surface area contributed by atoms with Crippen molar-refractivity contribution in [1.29, 1.82) is 0 Å². The number of piperazine rings is 1. The van der Waals surface area contributed by atoms with E-state index >= 15 is 0 Å². The third-order valence-electron chi connectivity index (χ3n) is 3.14. The Hall–Kier alpha value is -1.26.